The van der Waals surface area contributed by atoms with Crippen molar-refractivity contribution in [3.8, 4) is 0 Å². The van der Waals surface area contributed by atoms with Crippen LogP contribution in [-0.2, 0) is 16.1 Å². The van der Waals surface area contributed by atoms with Crippen LogP contribution in [0.3, 0.4) is 0 Å². The molecule has 4 amide bonds. The maximum atomic E-state index is 13.1. The summed E-state index contributed by atoms with van der Waals surface area (Å²) in [6, 6.07) is 7.91. The summed E-state index contributed by atoms with van der Waals surface area (Å²) in [6.45, 7) is 2.51. The van der Waals surface area contributed by atoms with Crippen molar-refractivity contribution < 1.29 is 14.4 Å². The maximum Gasteiger partial charge on any atom is 0.325 e. The van der Waals surface area contributed by atoms with Crippen molar-refractivity contribution in [3.63, 3.8) is 0 Å². The lowest BCUT2D eigenvalue weighted by Crippen LogP contribution is -2.54. The minimum atomic E-state index is -0.837. The third-order valence-electron chi connectivity index (χ3n) is 7.71. The highest BCUT2D eigenvalue weighted by molar-refractivity contribution is 6.10. The van der Waals surface area contributed by atoms with Crippen molar-refractivity contribution in [3.05, 3.63) is 29.8 Å². The van der Waals surface area contributed by atoms with E-state index < -0.39 is 11.6 Å². The van der Waals surface area contributed by atoms with Crippen LogP contribution in [0.1, 0.15) is 70.3 Å². The lowest BCUT2D eigenvalue weighted by Gasteiger charge is -2.36. The van der Waals surface area contributed by atoms with E-state index in [-0.39, 0.29) is 24.3 Å². The highest BCUT2D eigenvalue weighted by Gasteiger charge is 2.55. The van der Waals surface area contributed by atoms with Gasteiger partial charge in [0.2, 0.25) is 5.91 Å². The molecule has 1 heterocycles. The molecule has 2 unspecified atom stereocenters. The zero-order valence-electron chi connectivity index (χ0n) is 19.4. The standard InChI is InChI=1S/C25H36N4O3/c1-18-10-8-9-15-25(18)23(31)29(24(32)27-25)17-22(30)26-21-14-7-6-11-19(21)16-28(2)20-12-4-3-5-13-20/h6-7,11,14,18,20H,3-5,8-10,12-13,15-17H2,1-2H3,(H,26,30)(H,27,32). The molecular formula is C25H36N4O3. The predicted molar refractivity (Wildman–Crippen MR) is 124 cm³/mol. The molecule has 7 nitrogen and oxygen atoms in total. The molecule has 2 atom stereocenters. The molecule has 1 spiro atoms. The summed E-state index contributed by atoms with van der Waals surface area (Å²) in [5.74, 6) is -0.520. The number of para-hydroxylation sites is 1. The van der Waals surface area contributed by atoms with Gasteiger partial charge in [0.25, 0.3) is 5.91 Å². The van der Waals surface area contributed by atoms with E-state index in [1.165, 1.54) is 32.1 Å². The molecule has 4 rings (SSSR count). The van der Waals surface area contributed by atoms with Gasteiger partial charge in [-0.25, -0.2) is 4.79 Å². The summed E-state index contributed by atoms with van der Waals surface area (Å²) in [6.07, 6.45) is 9.85. The molecule has 1 aliphatic heterocycles. The second-order valence-electron chi connectivity index (χ2n) is 9.85. The smallest absolute Gasteiger partial charge is 0.324 e. The van der Waals surface area contributed by atoms with Crippen LogP contribution in [-0.4, -0.2) is 52.8 Å². The number of hydrogen-bond acceptors (Lipinski definition) is 4. The number of benzene rings is 1. The van der Waals surface area contributed by atoms with Crippen LogP contribution in [0.5, 0.6) is 0 Å². The van der Waals surface area contributed by atoms with Gasteiger partial charge in [0.15, 0.2) is 0 Å². The summed E-state index contributed by atoms with van der Waals surface area (Å²) in [7, 11) is 2.15. The number of amides is 4. The van der Waals surface area contributed by atoms with Gasteiger partial charge in [0.05, 0.1) is 0 Å². The number of rotatable bonds is 6. The Balaban J connectivity index is 1.40. The number of nitrogens with zero attached hydrogens (tertiary/aromatic N) is 2. The number of carbonyl (C=O) groups is 3. The van der Waals surface area contributed by atoms with Crippen LogP contribution >= 0.6 is 0 Å². The first-order valence-corrected chi connectivity index (χ1v) is 12.1. The Bertz CT molecular complexity index is 866. The van der Waals surface area contributed by atoms with E-state index in [4.69, 9.17) is 0 Å². The largest absolute Gasteiger partial charge is 0.325 e. The fourth-order valence-electron chi connectivity index (χ4n) is 5.67. The lowest BCUT2D eigenvalue weighted by molar-refractivity contribution is -0.136. The average molecular weight is 441 g/mol. The van der Waals surface area contributed by atoms with Gasteiger partial charge in [-0.3, -0.25) is 19.4 Å². The molecule has 0 aromatic heterocycles. The molecule has 2 N–H and O–H groups in total. The highest BCUT2D eigenvalue weighted by Crippen LogP contribution is 2.38. The Morgan fingerprint density at radius 1 is 1.12 bits per heavy atom. The Kier molecular flexibility index (Phi) is 6.84. The van der Waals surface area contributed by atoms with Crippen molar-refractivity contribution in [1.29, 1.82) is 0 Å². The van der Waals surface area contributed by atoms with Gasteiger partial charge < -0.3 is 10.6 Å². The van der Waals surface area contributed by atoms with E-state index in [1.807, 2.05) is 31.2 Å². The molecule has 1 aromatic carbocycles. The Morgan fingerprint density at radius 2 is 1.84 bits per heavy atom. The van der Waals surface area contributed by atoms with Gasteiger partial charge in [-0.05, 0) is 50.3 Å². The molecule has 3 fully saturated rings. The number of hydrogen-bond donors (Lipinski definition) is 2. The van der Waals surface area contributed by atoms with Crippen LogP contribution in [0.25, 0.3) is 0 Å². The first-order valence-electron chi connectivity index (χ1n) is 12.1. The second-order valence-corrected chi connectivity index (χ2v) is 9.85. The number of anilines is 1. The number of carbonyl (C=O) groups excluding carboxylic acids is 3. The van der Waals surface area contributed by atoms with Crippen molar-refractivity contribution in [2.75, 3.05) is 18.9 Å². The normalized spacial score (nSPS) is 26.6. The fourth-order valence-corrected chi connectivity index (χ4v) is 5.67. The molecular weight excluding hydrogens is 404 g/mol. The molecule has 1 aromatic rings. The maximum absolute atomic E-state index is 13.1. The third-order valence-corrected chi connectivity index (χ3v) is 7.71. The molecule has 3 aliphatic rings. The molecule has 2 aliphatic carbocycles. The molecule has 2 saturated carbocycles. The van der Waals surface area contributed by atoms with E-state index in [2.05, 4.69) is 22.6 Å². The van der Waals surface area contributed by atoms with Crippen LogP contribution in [0.15, 0.2) is 24.3 Å². The van der Waals surface area contributed by atoms with Crippen molar-refractivity contribution in [2.45, 2.75) is 82.8 Å². The van der Waals surface area contributed by atoms with Gasteiger partial charge in [-0.1, -0.05) is 57.2 Å². The monoisotopic (exact) mass is 440 g/mol. The van der Waals surface area contributed by atoms with Gasteiger partial charge in [0, 0.05) is 18.3 Å². The molecule has 0 radical (unpaired) electrons. The Morgan fingerprint density at radius 3 is 2.59 bits per heavy atom. The van der Waals surface area contributed by atoms with E-state index in [1.54, 1.807) is 0 Å². The minimum absolute atomic E-state index is 0.0804. The second kappa shape index (κ2) is 9.61. The molecule has 7 heteroatoms. The van der Waals surface area contributed by atoms with Gasteiger partial charge >= 0.3 is 6.03 Å². The summed E-state index contributed by atoms with van der Waals surface area (Å²) < 4.78 is 0. The van der Waals surface area contributed by atoms with Crippen LogP contribution in [0.2, 0.25) is 0 Å². The highest BCUT2D eigenvalue weighted by atomic mass is 16.2. The van der Waals surface area contributed by atoms with Gasteiger partial charge in [0.1, 0.15) is 12.1 Å². The third kappa shape index (κ3) is 4.53. The first-order chi connectivity index (χ1) is 15.4. The fraction of sp³-hybridized carbons (Fsp3) is 0.640. The average Bonchev–Trinajstić information content (AvgIpc) is 3.02. The van der Waals surface area contributed by atoms with Gasteiger partial charge in [-0.2, -0.15) is 0 Å². The molecule has 1 saturated heterocycles. The summed E-state index contributed by atoms with van der Waals surface area (Å²) in [4.78, 5) is 42.0. The van der Waals surface area contributed by atoms with Crippen molar-refractivity contribution in [1.82, 2.24) is 15.1 Å². The molecule has 0 bridgehead atoms. The molecule has 174 valence electrons. The summed E-state index contributed by atoms with van der Waals surface area (Å²) in [5, 5.41) is 5.86. The zero-order valence-corrected chi connectivity index (χ0v) is 19.4. The number of urea groups is 1. The van der Waals surface area contributed by atoms with Crippen LogP contribution in [0, 0.1) is 5.92 Å². The Labute approximate surface area is 190 Å². The summed E-state index contributed by atoms with van der Waals surface area (Å²) in [5.41, 5.74) is 0.951. The zero-order chi connectivity index (χ0) is 22.7. The van der Waals surface area contributed by atoms with Crippen molar-refractivity contribution in [2.24, 2.45) is 5.92 Å². The quantitative estimate of drug-likeness (QED) is 0.658. The van der Waals surface area contributed by atoms with E-state index in [0.717, 1.165) is 42.0 Å². The van der Waals surface area contributed by atoms with E-state index in [9.17, 15) is 14.4 Å². The Hall–Kier alpha value is -2.41. The van der Waals surface area contributed by atoms with E-state index >= 15 is 0 Å². The topological polar surface area (TPSA) is 81.8 Å². The SMILES string of the molecule is CC1CCCCC12NC(=O)N(CC(=O)Nc1ccccc1CN(C)C1CCCCC1)C2=O. The van der Waals surface area contributed by atoms with Crippen LogP contribution < -0.4 is 10.6 Å². The van der Waals surface area contributed by atoms with Gasteiger partial charge in [-0.15, -0.1) is 0 Å². The van der Waals surface area contributed by atoms with E-state index in [0.29, 0.717) is 12.5 Å². The first kappa shape index (κ1) is 22.8. The molecule has 32 heavy (non-hydrogen) atoms. The predicted octanol–water partition coefficient (Wildman–Crippen LogP) is 3.89. The van der Waals surface area contributed by atoms with Crippen LogP contribution in [0.4, 0.5) is 10.5 Å². The summed E-state index contributed by atoms with van der Waals surface area (Å²) >= 11 is 0. The lowest BCUT2D eigenvalue weighted by atomic mass is 9.73. The van der Waals surface area contributed by atoms with Crippen molar-refractivity contribution >= 4 is 23.5 Å². The number of nitrogens with one attached hydrogen (secondary N) is 2. The minimum Gasteiger partial charge on any atom is -0.324 e. The number of imide groups is 1.